The highest BCUT2D eigenvalue weighted by molar-refractivity contribution is 5.86. The summed E-state index contributed by atoms with van der Waals surface area (Å²) in [5.41, 5.74) is 2.06. The van der Waals surface area contributed by atoms with E-state index in [4.69, 9.17) is 9.47 Å². The van der Waals surface area contributed by atoms with E-state index in [1.165, 1.54) is 16.7 Å². The Kier molecular flexibility index (Phi) is 6.02. The number of fused-ring (bicyclic) bond motifs is 3. The summed E-state index contributed by atoms with van der Waals surface area (Å²) in [6.07, 6.45) is -1.32. The normalized spacial score (nSPS) is 19.9. The van der Waals surface area contributed by atoms with Gasteiger partial charge in [-0.05, 0) is 49.9 Å². The molecular formula is C26H30N2O6. The van der Waals surface area contributed by atoms with Crippen LogP contribution in [0.15, 0.2) is 48.5 Å². The topological polar surface area (TPSA) is 96.4 Å². The second-order valence-electron chi connectivity index (χ2n) is 9.94. The molecule has 1 unspecified atom stereocenters. The summed E-state index contributed by atoms with van der Waals surface area (Å²) in [4.78, 5) is 40.3. The van der Waals surface area contributed by atoms with Gasteiger partial charge in [-0.25, -0.2) is 14.4 Å². The van der Waals surface area contributed by atoms with Crippen LogP contribution in [0, 0.1) is 0 Å². The minimum atomic E-state index is -1.63. The maximum Gasteiger partial charge on any atom is 0.411 e. The molecule has 180 valence electrons. The number of carboxylic acid groups (broad SMARTS) is 1. The Balaban J connectivity index is 1.47. The molecule has 0 radical (unpaired) electrons. The van der Waals surface area contributed by atoms with Crippen molar-refractivity contribution in [2.45, 2.75) is 44.8 Å². The molecule has 2 aliphatic rings. The first-order valence-electron chi connectivity index (χ1n) is 11.4. The van der Waals surface area contributed by atoms with Crippen LogP contribution in [0.25, 0.3) is 11.1 Å². The molecule has 34 heavy (non-hydrogen) atoms. The zero-order valence-electron chi connectivity index (χ0n) is 19.9. The molecule has 0 spiro atoms. The summed E-state index contributed by atoms with van der Waals surface area (Å²) in [6, 6.07) is 16.1. The van der Waals surface area contributed by atoms with Gasteiger partial charge in [0.2, 0.25) is 0 Å². The molecule has 1 fully saturated rings. The highest BCUT2D eigenvalue weighted by atomic mass is 16.6. The molecule has 0 bridgehead atoms. The second kappa shape index (κ2) is 8.66. The maximum atomic E-state index is 13.0. The number of ether oxygens (including phenoxy) is 2. The molecule has 2 aromatic carbocycles. The van der Waals surface area contributed by atoms with Gasteiger partial charge in [-0.1, -0.05) is 48.5 Å². The summed E-state index contributed by atoms with van der Waals surface area (Å²) in [5.74, 6) is -1.31. The van der Waals surface area contributed by atoms with Crippen LogP contribution >= 0.6 is 0 Å². The molecule has 8 heteroatoms. The van der Waals surface area contributed by atoms with Gasteiger partial charge in [0.05, 0.1) is 6.54 Å². The molecule has 2 aromatic rings. The first kappa shape index (κ1) is 23.6. The van der Waals surface area contributed by atoms with Gasteiger partial charge < -0.3 is 19.5 Å². The summed E-state index contributed by atoms with van der Waals surface area (Å²) in [5, 5.41) is 9.91. The molecule has 0 saturated carbocycles. The number of rotatable bonds is 3. The van der Waals surface area contributed by atoms with E-state index in [-0.39, 0.29) is 32.2 Å². The number of hydrogen-bond donors (Lipinski definition) is 1. The van der Waals surface area contributed by atoms with Crippen LogP contribution in [0.2, 0.25) is 0 Å². The van der Waals surface area contributed by atoms with Crippen LogP contribution in [-0.2, 0) is 14.3 Å². The lowest BCUT2D eigenvalue weighted by Crippen LogP contribution is -2.67. The molecular weight excluding hydrogens is 436 g/mol. The summed E-state index contributed by atoms with van der Waals surface area (Å²) in [7, 11) is 0. The Morgan fingerprint density at radius 2 is 1.53 bits per heavy atom. The van der Waals surface area contributed by atoms with Gasteiger partial charge in [0.15, 0.2) is 5.54 Å². The lowest BCUT2D eigenvalue weighted by molar-refractivity contribution is -0.153. The number of carboxylic acids is 1. The fourth-order valence-electron chi connectivity index (χ4n) is 4.64. The number of aliphatic carboxylic acids is 1. The number of piperazine rings is 1. The predicted molar refractivity (Wildman–Crippen MR) is 126 cm³/mol. The molecule has 1 atom stereocenters. The average molecular weight is 467 g/mol. The van der Waals surface area contributed by atoms with Gasteiger partial charge >= 0.3 is 18.2 Å². The first-order valence-corrected chi connectivity index (χ1v) is 11.4. The van der Waals surface area contributed by atoms with Crippen molar-refractivity contribution in [1.82, 2.24) is 9.80 Å². The van der Waals surface area contributed by atoms with Crippen molar-refractivity contribution < 1.29 is 29.0 Å². The number of amides is 2. The van der Waals surface area contributed by atoms with Crippen LogP contribution in [0.3, 0.4) is 0 Å². The standard InChI is InChI=1S/C26H30N2O6/c1-25(2,3)34-24(32)28-14-13-27(16-26(28,4)22(29)30)23(31)33-15-21-19-11-7-5-9-17(19)18-10-6-8-12-20(18)21/h5-12,21H,13-16H2,1-4H3,(H,29,30). The Morgan fingerprint density at radius 1 is 0.971 bits per heavy atom. The van der Waals surface area contributed by atoms with Gasteiger partial charge in [0.1, 0.15) is 12.2 Å². The SMILES string of the molecule is CC(C)(C)OC(=O)N1CCN(C(=O)OCC2c3ccccc3-c3ccccc32)CC1(C)C(=O)O. The lowest BCUT2D eigenvalue weighted by Gasteiger charge is -2.45. The van der Waals surface area contributed by atoms with E-state index in [0.717, 1.165) is 22.3 Å². The van der Waals surface area contributed by atoms with Gasteiger partial charge in [0, 0.05) is 19.0 Å². The Hall–Kier alpha value is -3.55. The van der Waals surface area contributed by atoms with E-state index >= 15 is 0 Å². The van der Waals surface area contributed by atoms with Crippen molar-refractivity contribution >= 4 is 18.2 Å². The maximum absolute atomic E-state index is 13.0. The number of hydrogen-bond acceptors (Lipinski definition) is 5. The Bertz CT molecular complexity index is 1080. The minimum Gasteiger partial charge on any atom is -0.479 e. The smallest absolute Gasteiger partial charge is 0.411 e. The van der Waals surface area contributed by atoms with Crippen molar-refractivity contribution in [3.05, 3.63) is 59.7 Å². The number of carbonyl (C=O) groups excluding carboxylic acids is 2. The average Bonchev–Trinajstić information content (AvgIpc) is 3.10. The van der Waals surface area contributed by atoms with E-state index in [9.17, 15) is 19.5 Å². The fraction of sp³-hybridized carbons (Fsp3) is 0.423. The van der Waals surface area contributed by atoms with E-state index in [1.54, 1.807) is 20.8 Å². The van der Waals surface area contributed by atoms with Gasteiger partial charge in [-0.3, -0.25) is 4.90 Å². The van der Waals surface area contributed by atoms with Crippen molar-refractivity contribution in [1.29, 1.82) is 0 Å². The van der Waals surface area contributed by atoms with Crippen molar-refractivity contribution in [2.75, 3.05) is 26.2 Å². The third-order valence-corrected chi connectivity index (χ3v) is 6.36. The van der Waals surface area contributed by atoms with Crippen LogP contribution in [-0.4, -0.2) is 70.4 Å². The number of carbonyl (C=O) groups is 3. The van der Waals surface area contributed by atoms with Crippen LogP contribution in [0.1, 0.15) is 44.7 Å². The lowest BCUT2D eigenvalue weighted by atomic mass is 9.97. The van der Waals surface area contributed by atoms with Crippen LogP contribution in [0.4, 0.5) is 9.59 Å². The first-order chi connectivity index (χ1) is 16.0. The van der Waals surface area contributed by atoms with Gasteiger partial charge in [-0.15, -0.1) is 0 Å². The molecule has 4 rings (SSSR count). The van der Waals surface area contributed by atoms with Crippen LogP contribution < -0.4 is 0 Å². The highest BCUT2D eigenvalue weighted by Gasteiger charge is 2.49. The third kappa shape index (κ3) is 4.32. The molecule has 1 aliphatic carbocycles. The van der Waals surface area contributed by atoms with Crippen molar-refractivity contribution in [2.24, 2.45) is 0 Å². The summed E-state index contributed by atoms with van der Waals surface area (Å²) >= 11 is 0. The monoisotopic (exact) mass is 466 g/mol. The molecule has 2 amide bonds. The fourth-order valence-corrected chi connectivity index (χ4v) is 4.64. The number of benzene rings is 2. The van der Waals surface area contributed by atoms with E-state index in [2.05, 4.69) is 12.1 Å². The van der Waals surface area contributed by atoms with E-state index in [0.29, 0.717) is 0 Å². The van der Waals surface area contributed by atoms with Crippen LogP contribution in [0.5, 0.6) is 0 Å². The Morgan fingerprint density at radius 3 is 2.06 bits per heavy atom. The highest BCUT2D eigenvalue weighted by Crippen LogP contribution is 2.44. The minimum absolute atomic E-state index is 0.0297. The number of nitrogens with zero attached hydrogens (tertiary/aromatic N) is 2. The largest absolute Gasteiger partial charge is 0.479 e. The summed E-state index contributed by atoms with van der Waals surface area (Å²) < 4.78 is 11.1. The van der Waals surface area contributed by atoms with E-state index in [1.807, 2.05) is 36.4 Å². The van der Waals surface area contributed by atoms with Gasteiger partial charge in [0.25, 0.3) is 0 Å². The molecule has 8 nitrogen and oxygen atoms in total. The van der Waals surface area contributed by atoms with Gasteiger partial charge in [-0.2, -0.15) is 0 Å². The zero-order valence-corrected chi connectivity index (χ0v) is 19.9. The molecule has 1 heterocycles. The molecule has 1 saturated heterocycles. The van der Waals surface area contributed by atoms with Crippen molar-refractivity contribution in [3.8, 4) is 11.1 Å². The second-order valence-corrected chi connectivity index (χ2v) is 9.94. The quantitative estimate of drug-likeness (QED) is 0.723. The molecule has 0 aromatic heterocycles. The Labute approximate surface area is 199 Å². The zero-order chi connectivity index (χ0) is 24.7. The van der Waals surface area contributed by atoms with Crippen molar-refractivity contribution in [3.63, 3.8) is 0 Å². The third-order valence-electron chi connectivity index (χ3n) is 6.36. The molecule has 1 N–H and O–H groups in total. The molecule has 1 aliphatic heterocycles. The van der Waals surface area contributed by atoms with E-state index < -0.39 is 29.3 Å². The summed E-state index contributed by atoms with van der Waals surface area (Å²) in [6.45, 7) is 6.70. The predicted octanol–water partition coefficient (Wildman–Crippen LogP) is 4.33.